The molecule has 19 heavy (non-hydrogen) atoms. The van der Waals surface area contributed by atoms with Crippen LogP contribution >= 0.6 is 0 Å². The quantitative estimate of drug-likeness (QED) is 0.768. The summed E-state index contributed by atoms with van der Waals surface area (Å²) in [4.78, 5) is 17.2. The molecule has 4 heteroatoms. The molecule has 1 aliphatic carbocycles. The van der Waals surface area contributed by atoms with Crippen LogP contribution in [0.4, 0.5) is 0 Å². The molecule has 0 aromatic carbocycles. The van der Waals surface area contributed by atoms with E-state index in [0.29, 0.717) is 11.6 Å². The molecule has 98 valence electrons. The summed E-state index contributed by atoms with van der Waals surface area (Å²) in [7, 11) is 2.14. The van der Waals surface area contributed by atoms with E-state index in [-0.39, 0.29) is 5.69 Å². The van der Waals surface area contributed by atoms with E-state index in [1.165, 1.54) is 0 Å². The number of carboxylic acids is 1. The number of pyridine rings is 1. The molecule has 4 nitrogen and oxygen atoms in total. The first-order valence-electron chi connectivity index (χ1n) is 6.46. The smallest absolute Gasteiger partial charge is 0.354 e. The van der Waals surface area contributed by atoms with Crippen molar-refractivity contribution in [2.45, 2.75) is 6.92 Å². The second-order valence-electron chi connectivity index (χ2n) is 5.53. The molecule has 1 saturated carbocycles. The molecule has 1 saturated heterocycles. The van der Waals surface area contributed by atoms with Crippen molar-refractivity contribution in [2.24, 2.45) is 17.8 Å². The van der Waals surface area contributed by atoms with E-state index in [1.54, 1.807) is 13.0 Å². The van der Waals surface area contributed by atoms with E-state index in [1.807, 2.05) is 6.07 Å². The van der Waals surface area contributed by atoms with Crippen molar-refractivity contribution in [3.63, 3.8) is 0 Å². The summed E-state index contributed by atoms with van der Waals surface area (Å²) >= 11 is 0. The highest BCUT2D eigenvalue weighted by Gasteiger charge is 2.53. The summed E-state index contributed by atoms with van der Waals surface area (Å²) in [5.74, 6) is 7.34. The number of carbonyl (C=O) groups is 1. The fourth-order valence-electron chi connectivity index (χ4n) is 2.97. The van der Waals surface area contributed by atoms with Gasteiger partial charge in [-0.15, -0.1) is 0 Å². The maximum Gasteiger partial charge on any atom is 0.354 e. The third kappa shape index (κ3) is 2.34. The number of likely N-dealkylation sites (tertiary alicyclic amines) is 1. The van der Waals surface area contributed by atoms with Gasteiger partial charge in [0.05, 0.1) is 0 Å². The number of aromatic carboxylic acids is 1. The van der Waals surface area contributed by atoms with Crippen LogP contribution in [0.3, 0.4) is 0 Å². The van der Waals surface area contributed by atoms with Gasteiger partial charge in [0.1, 0.15) is 5.69 Å². The first-order valence-corrected chi connectivity index (χ1v) is 6.46. The number of hydrogen-bond acceptors (Lipinski definition) is 3. The minimum atomic E-state index is -1.00. The van der Waals surface area contributed by atoms with Gasteiger partial charge in [-0.1, -0.05) is 11.8 Å². The monoisotopic (exact) mass is 256 g/mol. The van der Waals surface area contributed by atoms with Crippen LogP contribution in [0.2, 0.25) is 0 Å². The van der Waals surface area contributed by atoms with Crippen molar-refractivity contribution in [3.8, 4) is 11.8 Å². The minimum absolute atomic E-state index is 0.0695. The number of rotatable bonds is 1. The Hall–Kier alpha value is -1.86. The topological polar surface area (TPSA) is 53.4 Å². The highest BCUT2D eigenvalue weighted by atomic mass is 16.4. The van der Waals surface area contributed by atoms with E-state index >= 15 is 0 Å². The van der Waals surface area contributed by atoms with Crippen molar-refractivity contribution in [1.29, 1.82) is 0 Å². The molecule has 1 aliphatic heterocycles. The Morgan fingerprint density at radius 1 is 1.42 bits per heavy atom. The first kappa shape index (κ1) is 12.2. The van der Waals surface area contributed by atoms with Crippen LogP contribution < -0.4 is 0 Å². The summed E-state index contributed by atoms with van der Waals surface area (Å²) < 4.78 is 0. The summed E-state index contributed by atoms with van der Waals surface area (Å²) in [6, 6.07) is 3.39. The van der Waals surface area contributed by atoms with Crippen LogP contribution in [0.15, 0.2) is 12.1 Å². The number of nitrogens with zero attached hydrogens (tertiary/aromatic N) is 2. The Labute approximate surface area is 112 Å². The lowest BCUT2D eigenvalue weighted by Crippen LogP contribution is -2.18. The molecule has 3 atom stereocenters. The zero-order valence-electron chi connectivity index (χ0n) is 11.1. The lowest BCUT2D eigenvalue weighted by atomic mass is 10.1. The van der Waals surface area contributed by atoms with E-state index in [4.69, 9.17) is 5.11 Å². The largest absolute Gasteiger partial charge is 0.477 e. The molecule has 1 aromatic rings. The molecule has 0 radical (unpaired) electrons. The number of aromatic nitrogens is 1. The van der Waals surface area contributed by atoms with E-state index in [9.17, 15) is 4.79 Å². The molecule has 1 aromatic heterocycles. The Kier molecular flexibility index (Phi) is 2.79. The number of fused-ring (bicyclic) bond motifs is 1. The van der Waals surface area contributed by atoms with Crippen LogP contribution in [-0.2, 0) is 0 Å². The lowest BCUT2D eigenvalue weighted by molar-refractivity contribution is 0.0690. The predicted octanol–water partition coefficient (Wildman–Crippen LogP) is 1.25. The summed E-state index contributed by atoms with van der Waals surface area (Å²) in [6.07, 6.45) is 0. The molecule has 2 fully saturated rings. The average Bonchev–Trinajstić information content (AvgIpc) is 2.80. The Bertz CT molecular complexity index is 588. The van der Waals surface area contributed by atoms with Gasteiger partial charge in [-0.3, -0.25) is 0 Å². The maximum absolute atomic E-state index is 10.9. The minimum Gasteiger partial charge on any atom is -0.477 e. The lowest BCUT2D eigenvalue weighted by Gasteiger charge is -2.09. The molecule has 1 N–H and O–H groups in total. The van der Waals surface area contributed by atoms with Crippen LogP contribution in [-0.4, -0.2) is 41.1 Å². The van der Waals surface area contributed by atoms with Gasteiger partial charge in [-0.05, 0) is 37.9 Å². The summed E-state index contributed by atoms with van der Waals surface area (Å²) in [6.45, 7) is 4.07. The summed E-state index contributed by atoms with van der Waals surface area (Å²) in [5.41, 5.74) is 1.52. The van der Waals surface area contributed by atoms with Gasteiger partial charge < -0.3 is 10.0 Å². The molecule has 2 heterocycles. The fraction of sp³-hybridized carbons (Fsp3) is 0.467. The van der Waals surface area contributed by atoms with Gasteiger partial charge in [0, 0.05) is 30.3 Å². The third-order valence-electron chi connectivity index (χ3n) is 3.93. The average molecular weight is 256 g/mol. The van der Waals surface area contributed by atoms with E-state index in [2.05, 4.69) is 28.8 Å². The number of carboxylic acid groups (broad SMARTS) is 1. The second kappa shape index (κ2) is 4.36. The van der Waals surface area contributed by atoms with E-state index in [0.717, 1.165) is 30.5 Å². The zero-order chi connectivity index (χ0) is 13.6. The second-order valence-corrected chi connectivity index (χ2v) is 5.53. The van der Waals surface area contributed by atoms with Gasteiger partial charge in [0.25, 0.3) is 0 Å². The Morgan fingerprint density at radius 2 is 2.11 bits per heavy atom. The molecule has 0 spiro atoms. The molecular formula is C15H16N2O2. The van der Waals surface area contributed by atoms with Crippen molar-refractivity contribution in [1.82, 2.24) is 9.88 Å². The third-order valence-corrected chi connectivity index (χ3v) is 3.93. The highest BCUT2D eigenvalue weighted by Crippen LogP contribution is 2.50. The Balaban J connectivity index is 1.76. The van der Waals surface area contributed by atoms with Crippen molar-refractivity contribution in [2.75, 3.05) is 20.1 Å². The molecule has 2 aliphatic rings. The fourth-order valence-corrected chi connectivity index (χ4v) is 2.97. The highest BCUT2D eigenvalue weighted by molar-refractivity contribution is 5.85. The molecule has 3 rings (SSSR count). The molecular weight excluding hydrogens is 240 g/mol. The van der Waals surface area contributed by atoms with Crippen molar-refractivity contribution < 1.29 is 9.90 Å². The standard InChI is InChI=1S/C15H16N2O2/c1-9-5-10(6-14(16-9)15(18)19)3-4-11-12-7-17(2)8-13(11)12/h5-6,11-13H,7-8H2,1-2H3,(H,18,19)/t11?,12-,13+. The van der Waals surface area contributed by atoms with Crippen LogP contribution in [0.25, 0.3) is 0 Å². The van der Waals surface area contributed by atoms with Crippen LogP contribution in [0.5, 0.6) is 0 Å². The Morgan fingerprint density at radius 3 is 2.74 bits per heavy atom. The first-order chi connectivity index (χ1) is 9.04. The van der Waals surface area contributed by atoms with Gasteiger partial charge in [-0.25, -0.2) is 9.78 Å². The predicted molar refractivity (Wildman–Crippen MR) is 70.8 cm³/mol. The molecule has 0 bridgehead atoms. The van der Waals surface area contributed by atoms with Crippen LogP contribution in [0, 0.1) is 36.5 Å². The van der Waals surface area contributed by atoms with Gasteiger partial charge >= 0.3 is 5.97 Å². The van der Waals surface area contributed by atoms with E-state index < -0.39 is 5.97 Å². The SMILES string of the molecule is Cc1cc(C#CC2[C@H]3CN(C)C[C@@H]23)cc(C(=O)O)n1. The maximum atomic E-state index is 10.9. The van der Waals surface area contributed by atoms with Gasteiger partial charge in [-0.2, -0.15) is 0 Å². The molecule has 0 amide bonds. The number of piperidine rings is 1. The number of aryl methyl sites for hydroxylation is 1. The van der Waals surface area contributed by atoms with Gasteiger partial charge in [0.2, 0.25) is 0 Å². The molecule has 1 unspecified atom stereocenters. The van der Waals surface area contributed by atoms with Crippen molar-refractivity contribution in [3.05, 3.63) is 29.1 Å². The van der Waals surface area contributed by atoms with Crippen molar-refractivity contribution >= 4 is 5.97 Å². The number of hydrogen-bond donors (Lipinski definition) is 1. The summed E-state index contributed by atoms with van der Waals surface area (Å²) in [5, 5.41) is 8.97. The van der Waals surface area contributed by atoms with Crippen LogP contribution in [0.1, 0.15) is 21.7 Å². The zero-order valence-corrected chi connectivity index (χ0v) is 11.1. The van der Waals surface area contributed by atoms with Gasteiger partial charge in [0.15, 0.2) is 0 Å². The normalized spacial score (nSPS) is 28.4.